The fourth-order valence-electron chi connectivity index (χ4n) is 2.95. The summed E-state index contributed by atoms with van der Waals surface area (Å²) in [6.07, 6.45) is 2.05. The minimum atomic E-state index is -0.221. The van der Waals surface area contributed by atoms with Gasteiger partial charge >= 0.3 is 0 Å². The Morgan fingerprint density at radius 3 is 2.77 bits per heavy atom. The SMILES string of the molecule is Cl.O=C(N[C@H]1CCCNC1)c1nc(-c2cccs2)n(-c2ccccc2)n1. The van der Waals surface area contributed by atoms with Crippen LogP contribution in [0.3, 0.4) is 0 Å². The molecule has 0 bridgehead atoms. The molecule has 0 saturated carbocycles. The molecule has 1 aliphatic rings. The van der Waals surface area contributed by atoms with Gasteiger partial charge in [0.05, 0.1) is 10.6 Å². The molecule has 6 nitrogen and oxygen atoms in total. The number of aromatic nitrogens is 3. The Bertz CT molecular complexity index is 844. The van der Waals surface area contributed by atoms with Crippen molar-refractivity contribution in [3.05, 3.63) is 53.7 Å². The number of nitrogens with zero attached hydrogens (tertiary/aromatic N) is 3. The molecule has 1 aliphatic heterocycles. The molecule has 1 aromatic carbocycles. The van der Waals surface area contributed by atoms with Gasteiger partial charge in [-0.25, -0.2) is 9.67 Å². The number of benzene rings is 1. The first-order valence-corrected chi connectivity index (χ1v) is 9.27. The van der Waals surface area contributed by atoms with E-state index >= 15 is 0 Å². The molecule has 1 fully saturated rings. The highest BCUT2D eigenvalue weighted by Gasteiger charge is 2.22. The summed E-state index contributed by atoms with van der Waals surface area (Å²) in [6.45, 7) is 1.80. The fourth-order valence-corrected chi connectivity index (χ4v) is 3.65. The third-order valence-corrected chi connectivity index (χ3v) is 5.05. The van der Waals surface area contributed by atoms with E-state index < -0.39 is 0 Å². The van der Waals surface area contributed by atoms with Crippen LogP contribution in [0.4, 0.5) is 0 Å². The molecule has 0 radical (unpaired) electrons. The first-order chi connectivity index (χ1) is 12.3. The van der Waals surface area contributed by atoms with Gasteiger partial charge in [0, 0.05) is 12.6 Å². The second-order valence-corrected chi connectivity index (χ2v) is 6.95. The number of para-hydroxylation sites is 1. The number of hydrogen-bond donors (Lipinski definition) is 2. The van der Waals surface area contributed by atoms with Crippen molar-refractivity contribution in [2.24, 2.45) is 0 Å². The zero-order valence-electron chi connectivity index (χ0n) is 14.1. The van der Waals surface area contributed by atoms with Gasteiger partial charge in [-0.2, -0.15) is 0 Å². The van der Waals surface area contributed by atoms with Gasteiger partial charge in [-0.1, -0.05) is 24.3 Å². The number of nitrogens with one attached hydrogen (secondary N) is 2. The van der Waals surface area contributed by atoms with E-state index in [0.29, 0.717) is 5.82 Å². The molecule has 4 rings (SSSR count). The van der Waals surface area contributed by atoms with E-state index in [4.69, 9.17) is 0 Å². The van der Waals surface area contributed by atoms with Crippen molar-refractivity contribution in [2.75, 3.05) is 13.1 Å². The quantitative estimate of drug-likeness (QED) is 0.719. The fraction of sp³-hybridized carbons (Fsp3) is 0.278. The Kier molecular flexibility index (Phi) is 6.03. The molecule has 26 heavy (non-hydrogen) atoms. The molecular weight excluding hydrogens is 370 g/mol. The lowest BCUT2D eigenvalue weighted by atomic mass is 10.1. The van der Waals surface area contributed by atoms with Crippen LogP contribution in [-0.2, 0) is 0 Å². The van der Waals surface area contributed by atoms with Crippen molar-refractivity contribution >= 4 is 29.7 Å². The van der Waals surface area contributed by atoms with Crippen LogP contribution in [0.25, 0.3) is 16.4 Å². The molecule has 1 atom stereocenters. The molecule has 0 aliphatic carbocycles. The summed E-state index contributed by atoms with van der Waals surface area (Å²) in [5, 5.41) is 12.8. The molecule has 0 spiro atoms. The van der Waals surface area contributed by atoms with Gasteiger partial charge < -0.3 is 10.6 Å². The standard InChI is InChI=1S/C18H19N5OS.ClH/c24-18(20-13-6-4-10-19-12-13)16-21-17(15-9-5-11-25-15)23(22-16)14-7-2-1-3-8-14;/h1-3,5,7-9,11,13,19H,4,6,10,12H2,(H,20,24);1H/t13-;/m0./s1. The Morgan fingerprint density at radius 1 is 1.23 bits per heavy atom. The lowest BCUT2D eigenvalue weighted by molar-refractivity contribution is 0.0920. The Morgan fingerprint density at radius 2 is 2.08 bits per heavy atom. The van der Waals surface area contributed by atoms with E-state index in [2.05, 4.69) is 20.7 Å². The highest BCUT2D eigenvalue weighted by Crippen LogP contribution is 2.25. The molecular formula is C18H20ClN5OS. The highest BCUT2D eigenvalue weighted by atomic mass is 35.5. The summed E-state index contributed by atoms with van der Waals surface area (Å²) in [4.78, 5) is 18.1. The molecule has 136 valence electrons. The number of thiophene rings is 1. The molecule has 1 amide bonds. The van der Waals surface area contributed by atoms with Crippen molar-refractivity contribution in [2.45, 2.75) is 18.9 Å². The average Bonchev–Trinajstić information content (AvgIpc) is 3.33. The molecule has 8 heteroatoms. The van der Waals surface area contributed by atoms with Crippen molar-refractivity contribution in [1.82, 2.24) is 25.4 Å². The van der Waals surface area contributed by atoms with E-state index in [1.807, 2.05) is 47.8 Å². The van der Waals surface area contributed by atoms with Crippen LogP contribution in [-0.4, -0.2) is 39.8 Å². The second-order valence-electron chi connectivity index (χ2n) is 6.00. The molecule has 2 N–H and O–H groups in total. The van der Waals surface area contributed by atoms with Crippen molar-refractivity contribution in [3.63, 3.8) is 0 Å². The maximum absolute atomic E-state index is 12.6. The van der Waals surface area contributed by atoms with Crippen molar-refractivity contribution in [3.8, 4) is 16.4 Å². The van der Waals surface area contributed by atoms with E-state index in [0.717, 1.165) is 36.5 Å². The van der Waals surface area contributed by atoms with Crippen LogP contribution in [0.1, 0.15) is 23.5 Å². The minimum Gasteiger partial charge on any atom is -0.345 e. The summed E-state index contributed by atoms with van der Waals surface area (Å²) in [6, 6.07) is 13.9. The maximum atomic E-state index is 12.6. The predicted octanol–water partition coefficient (Wildman–Crippen LogP) is 2.90. The summed E-state index contributed by atoms with van der Waals surface area (Å²) in [5.74, 6) is 0.673. The molecule has 3 heterocycles. The van der Waals surface area contributed by atoms with Gasteiger partial charge in [0.2, 0.25) is 5.82 Å². The van der Waals surface area contributed by atoms with Crippen LogP contribution in [0.15, 0.2) is 47.8 Å². The number of hydrogen-bond acceptors (Lipinski definition) is 5. The van der Waals surface area contributed by atoms with Crippen LogP contribution >= 0.6 is 23.7 Å². The van der Waals surface area contributed by atoms with E-state index in [-0.39, 0.29) is 30.2 Å². The number of piperidine rings is 1. The van der Waals surface area contributed by atoms with Gasteiger partial charge in [0.15, 0.2) is 5.82 Å². The summed E-state index contributed by atoms with van der Waals surface area (Å²) >= 11 is 1.58. The first-order valence-electron chi connectivity index (χ1n) is 8.39. The summed E-state index contributed by atoms with van der Waals surface area (Å²) in [5.41, 5.74) is 0.886. The monoisotopic (exact) mass is 389 g/mol. The largest absolute Gasteiger partial charge is 0.345 e. The van der Waals surface area contributed by atoms with Crippen LogP contribution in [0.5, 0.6) is 0 Å². The second kappa shape index (κ2) is 8.44. The molecule has 3 aromatic rings. The summed E-state index contributed by atoms with van der Waals surface area (Å²) in [7, 11) is 0. The minimum absolute atomic E-state index is 0. The zero-order chi connectivity index (χ0) is 17.1. The Hall–Kier alpha value is -2.22. The summed E-state index contributed by atoms with van der Waals surface area (Å²) < 4.78 is 1.74. The van der Waals surface area contributed by atoms with Gasteiger partial charge in [0.25, 0.3) is 5.91 Å². The number of carbonyl (C=O) groups is 1. The smallest absolute Gasteiger partial charge is 0.291 e. The normalized spacial score (nSPS) is 16.7. The van der Waals surface area contributed by atoms with Gasteiger partial charge in [-0.3, -0.25) is 4.79 Å². The molecule has 0 unspecified atom stereocenters. The van der Waals surface area contributed by atoms with Crippen molar-refractivity contribution in [1.29, 1.82) is 0 Å². The molecule has 2 aromatic heterocycles. The number of rotatable bonds is 4. The van der Waals surface area contributed by atoms with Gasteiger partial charge in [0.1, 0.15) is 0 Å². The highest BCUT2D eigenvalue weighted by molar-refractivity contribution is 7.13. The van der Waals surface area contributed by atoms with E-state index in [9.17, 15) is 4.79 Å². The van der Waals surface area contributed by atoms with E-state index in [1.54, 1.807) is 16.0 Å². The van der Waals surface area contributed by atoms with Gasteiger partial charge in [-0.05, 0) is 43.0 Å². The topological polar surface area (TPSA) is 71.8 Å². The zero-order valence-corrected chi connectivity index (χ0v) is 15.7. The average molecular weight is 390 g/mol. The van der Waals surface area contributed by atoms with Gasteiger partial charge in [-0.15, -0.1) is 28.8 Å². The molecule has 1 saturated heterocycles. The number of carbonyl (C=O) groups excluding carboxylic acids is 1. The third-order valence-electron chi connectivity index (χ3n) is 4.18. The Labute approximate surface area is 162 Å². The van der Waals surface area contributed by atoms with Crippen LogP contribution in [0.2, 0.25) is 0 Å². The van der Waals surface area contributed by atoms with Crippen molar-refractivity contribution < 1.29 is 4.79 Å². The number of amides is 1. The first kappa shape index (κ1) is 18.6. The maximum Gasteiger partial charge on any atom is 0.291 e. The lowest BCUT2D eigenvalue weighted by Gasteiger charge is -2.23. The Balaban J connectivity index is 0.00000196. The lowest BCUT2D eigenvalue weighted by Crippen LogP contribution is -2.45. The third kappa shape index (κ3) is 3.95. The van der Waals surface area contributed by atoms with Crippen LogP contribution in [0, 0.1) is 0 Å². The van der Waals surface area contributed by atoms with E-state index in [1.165, 1.54) is 0 Å². The van der Waals surface area contributed by atoms with Crippen LogP contribution < -0.4 is 10.6 Å². The predicted molar refractivity (Wildman–Crippen MR) is 105 cm³/mol. The number of halogens is 1.